The van der Waals surface area contributed by atoms with Crippen LogP contribution < -0.4 is 13.9 Å². The molecule has 11 heteroatoms. The van der Waals surface area contributed by atoms with E-state index < -0.39 is 10.0 Å². The number of thiazole rings is 1. The number of hydrogen-bond acceptors (Lipinski definition) is 7. The van der Waals surface area contributed by atoms with Crippen LogP contribution in [0.3, 0.4) is 0 Å². The van der Waals surface area contributed by atoms with Crippen LogP contribution in [0.15, 0.2) is 65.6 Å². The Labute approximate surface area is 252 Å². The Morgan fingerprint density at radius 2 is 1.73 bits per heavy atom. The Hall–Kier alpha value is -3.18. The molecule has 5 rings (SSSR count). The molecule has 3 aromatic carbocycles. The summed E-state index contributed by atoms with van der Waals surface area (Å²) in [7, 11) is -2.13. The number of halogens is 1. The van der Waals surface area contributed by atoms with Gasteiger partial charge in [-0.15, -0.1) is 12.4 Å². The smallest absolute Gasteiger partial charge is 0.264 e. The monoisotopic (exact) mass is 614 g/mol. The van der Waals surface area contributed by atoms with Crippen molar-refractivity contribution >= 4 is 60.7 Å². The number of benzene rings is 3. The fraction of sp³-hybridized carbons (Fsp3) is 0.333. The maximum atomic E-state index is 13.9. The van der Waals surface area contributed by atoms with Crippen molar-refractivity contribution in [1.82, 2.24) is 9.88 Å². The van der Waals surface area contributed by atoms with Gasteiger partial charge < -0.3 is 9.64 Å². The summed E-state index contributed by atoms with van der Waals surface area (Å²) in [5.74, 6) is 0.440. The van der Waals surface area contributed by atoms with Gasteiger partial charge in [0.1, 0.15) is 11.3 Å². The highest BCUT2D eigenvalue weighted by molar-refractivity contribution is 7.92. The minimum atomic E-state index is -3.75. The van der Waals surface area contributed by atoms with E-state index in [-0.39, 0.29) is 23.2 Å². The van der Waals surface area contributed by atoms with Gasteiger partial charge in [-0.25, -0.2) is 13.4 Å². The van der Waals surface area contributed by atoms with Crippen LogP contribution in [-0.2, 0) is 16.4 Å². The summed E-state index contributed by atoms with van der Waals surface area (Å²) < 4.78 is 34.9. The molecule has 1 aliphatic rings. The van der Waals surface area contributed by atoms with Gasteiger partial charge in [-0.1, -0.05) is 49.4 Å². The first kappa shape index (κ1) is 30.8. The fourth-order valence-electron chi connectivity index (χ4n) is 5.05. The maximum absolute atomic E-state index is 13.9. The molecule has 1 amide bonds. The number of carbonyl (C=O) groups is 1. The third-order valence-electron chi connectivity index (χ3n) is 7.46. The highest BCUT2D eigenvalue weighted by Gasteiger charge is 2.31. The number of likely N-dealkylation sites (N-methyl/N-ethyl adjacent to an activating group) is 1. The minimum Gasteiger partial charge on any atom is -0.494 e. The van der Waals surface area contributed by atoms with Crippen LogP contribution in [0.25, 0.3) is 10.2 Å². The number of amides is 1. The third-order valence-corrected chi connectivity index (χ3v) is 10.5. The second kappa shape index (κ2) is 12.8. The summed E-state index contributed by atoms with van der Waals surface area (Å²) >= 11 is 1.46. The van der Waals surface area contributed by atoms with Crippen molar-refractivity contribution in [2.45, 2.75) is 32.1 Å². The summed E-state index contributed by atoms with van der Waals surface area (Å²) in [5, 5.41) is 0.588. The van der Waals surface area contributed by atoms with E-state index >= 15 is 0 Å². The average Bonchev–Trinajstić information content (AvgIpc) is 3.62. The number of rotatable bonds is 10. The predicted octanol–water partition coefficient (Wildman–Crippen LogP) is 5.78. The lowest BCUT2D eigenvalue weighted by Crippen LogP contribution is -2.39. The molecule has 4 aromatic rings. The number of methoxy groups -OCH3 is 1. The molecule has 0 N–H and O–H groups in total. The molecule has 0 atom stereocenters. The Kier molecular flexibility index (Phi) is 9.59. The van der Waals surface area contributed by atoms with Gasteiger partial charge >= 0.3 is 0 Å². The van der Waals surface area contributed by atoms with E-state index in [2.05, 4.69) is 18.7 Å². The van der Waals surface area contributed by atoms with Crippen molar-refractivity contribution in [2.75, 3.05) is 49.0 Å². The van der Waals surface area contributed by atoms with Gasteiger partial charge in [0.15, 0.2) is 5.13 Å². The van der Waals surface area contributed by atoms with E-state index in [1.54, 1.807) is 24.1 Å². The zero-order valence-electron chi connectivity index (χ0n) is 23.7. The largest absolute Gasteiger partial charge is 0.494 e. The maximum Gasteiger partial charge on any atom is 0.264 e. The molecule has 1 aromatic heterocycles. The molecule has 2 heterocycles. The Morgan fingerprint density at radius 3 is 2.41 bits per heavy atom. The Morgan fingerprint density at radius 1 is 1.02 bits per heavy atom. The van der Waals surface area contributed by atoms with Gasteiger partial charge in [-0.3, -0.25) is 14.0 Å². The van der Waals surface area contributed by atoms with Crippen molar-refractivity contribution in [3.63, 3.8) is 0 Å². The molecule has 0 unspecified atom stereocenters. The number of ether oxygens (including phenoxy) is 1. The first-order valence-electron chi connectivity index (χ1n) is 13.5. The number of carbonyl (C=O) groups excluding carboxylic acids is 1. The summed E-state index contributed by atoms with van der Waals surface area (Å²) in [6.45, 7) is 9.50. The van der Waals surface area contributed by atoms with Crippen molar-refractivity contribution < 1.29 is 17.9 Å². The van der Waals surface area contributed by atoms with Gasteiger partial charge in [-0.05, 0) is 74.0 Å². The average molecular weight is 615 g/mol. The van der Waals surface area contributed by atoms with Crippen LogP contribution in [0.4, 0.5) is 10.8 Å². The molecule has 0 radical (unpaired) electrons. The molecule has 8 nitrogen and oxygen atoms in total. The first-order chi connectivity index (χ1) is 19.3. The normalized spacial score (nSPS) is 12.9. The summed E-state index contributed by atoms with van der Waals surface area (Å²) in [4.78, 5) is 22.9. The van der Waals surface area contributed by atoms with Gasteiger partial charge in [0.05, 0.1) is 22.4 Å². The number of para-hydroxylation sites is 1. The predicted molar refractivity (Wildman–Crippen MR) is 169 cm³/mol. The van der Waals surface area contributed by atoms with E-state index in [0.29, 0.717) is 48.2 Å². The standard InChI is InChI=1S/C30H34N4O4S2.ClH/c1-5-32(6-2)19-20-33(30-31-27-26(38-4)16-11-21(3)28(27)39-30)29(35)23-12-14-24(15-13-23)40(36,37)34-18-17-22-9-7-8-10-25(22)34;/h7-16H,5-6,17-20H2,1-4H3;1H. The van der Waals surface area contributed by atoms with Crippen molar-refractivity contribution in [1.29, 1.82) is 0 Å². The highest BCUT2D eigenvalue weighted by atomic mass is 35.5. The summed E-state index contributed by atoms with van der Waals surface area (Å²) in [5.41, 5.74) is 3.93. The number of hydrogen-bond donors (Lipinski definition) is 0. The first-order valence-corrected chi connectivity index (χ1v) is 15.7. The molecule has 0 saturated heterocycles. The van der Waals surface area contributed by atoms with Gasteiger partial charge in [0, 0.05) is 25.2 Å². The van der Waals surface area contributed by atoms with Crippen molar-refractivity contribution in [3.05, 3.63) is 77.4 Å². The van der Waals surface area contributed by atoms with Crippen LogP contribution in [0.2, 0.25) is 0 Å². The number of anilines is 2. The molecule has 0 aliphatic carbocycles. The molecule has 41 heavy (non-hydrogen) atoms. The van der Waals surface area contributed by atoms with Crippen LogP contribution in [-0.4, -0.2) is 64.0 Å². The van der Waals surface area contributed by atoms with Gasteiger partial charge in [0.25, 0.3) is 15.9 Å². The van der Waals surface area contributed by atoms with Crippen molar-refractivity contribution in [2.24, 2.45) is 0 Å². The Balaban J connectivity index is 0.00000387. The van der Waals surface area contributed by atoms with Crippen LogP contribution in [0.5, 0.6) is 5.75 Å². The third kappa shape index (κ3) is 5.92. The van der Waals surface area contributed by atoms with Crippen molar-refractivity contribution in [3.8, 4) is 5.75 Å². The molecule has 0 saturated carbocycles. The lowest BCUT2D eigenvalue weighted by molar-refractivity contribution is 0.0983. The number of nitrogens with zero attached hydrogens (tertiary/aromatic N) is 4. The zero-order chi connectivity index (χ0) is 28.4. The molecule has 0 bridgehead atoms. The van der Waals surface area contributed by atoms with E-state index in [0.717, 1.165) is 34.4 Å². The van der Waals surface area contributed by atoms with Crippen LogP contribution >= 0.6 is 23.7 Å². The molecule has 1 aliphatic heterocycles. The lowest BCUT2D eigenvalue weighted by Gasteiger charge is -2.25. The quantitative estimate of drug-likeness (QED) is 0.225. The number of aryl methyl sites for hydroxylation is 1. The molecule has 218 valence electrons. The SMILES string of the molecule is CCN(CC)CCN(C(=O)c1ccc(S(=O)(=O)N2CCc3ccccc32)cc1)c1nc2c(OC)ccc(C)c2s1.Cl. The van der Waals surface area contributed by atoms with Gasteiger partial charge in [-0.2, -0.15) is 0 Å². The van der Waals surface area contributed by atoms with E-state index in [1.807, 2.05) is 43.3 Å². The zero-order valence-corrected chi connectivity index (χ0v) is 26.1. The number of aromatic nitrogens is 1. The lowest BCUT2D eigenvalue weighted by atomic mass is 10.2. The van der Waals surface area contributed by atoms with Gasteiger partial charge in [0.2, 0.25) is 0 Å². The fourth-order valence-corrected chi connectivity index (χ4v) is 7.63. The second-order valence-corrected chi connectivity index (χ2v) is 12.6. The Bertz CT molecular complexity index is 1640. The summed E-state index contributed by atoms with van der Waals surface area (Å²) in [6.07, 6.45) is 0.680. The molecule has 0 fully saturated rings. The second-order valence-electron chi connectivity index (χ2n) is 9.72. The molecule has 0 spiro atoms. The number of sulfonamides is 1. The number of fused-ring (bicyclic) bond motifs is 2. The minimum absolute atomic E-state index is 0. The van der Waals surface area contributed by atoms with Crippen LogP contribution in [0.1, 0.15) is 35.3 Å². The highest BCUT2D eigenvalue weighted by Crippen LogP contribution is 2.37. The molecular formula is C30H35ClN4O4S2. The van der Waals surface area contributed by atoms with E-state index in [1.165, 1.54) is 27.8 Å². The molecular weight excluding hydrogens is 580 g/mol. The van der Waals surface area contributed by atoms with E-state index in [9.17, 15) is 13.2 Å². The topological polar surface area (TPSA) is 83.1 Å². The summed E-state index contributed by atoms with van der Waals surface area (Å²) in [6, 6.07) is 17.7. The van der Waals surface area contributed by atoms with E-state index in [4.69, 9.17) is 9.72 Å². The van der Waals surface area contributed by atoms with Crippen LogP contribution in [0, 0.1) is 6.92 Å².